The van der Waals surface area contributed by atoms with Crippen LogP contribution in [-0.2, 0) is 9.59 Å². The summed E-state index contributed by atoms with van der Waals surface area (Å²) in [7, 11) is 0. The molecule has 0 spiro atoms. The summed E-state index contributed by atoms with van der Waals surface area (Å²) >= 11 is 0. The fraction of sp³-hybridized carbons (Fsp3) is 0.895. The van der Waals surface area contributed by atoms with Crippen LogP contribution in [0.3, 0.4) is 0 Å². The second kappa shape index (κ2) is 31.1. The minimum atomic E-state index is -0.843. The Bertz CT molecular complexity index is 629. The van der Waals surface area contributed by atoms with E-state index in [2.05, 4.69) is 20.4 Å². The Balaban J connectivity index is 0.000000800. The lowest BCUT2D eigenvalue weighted by Crippen LogP contribution is -1.98. The summed E-state index contributed by atoms with van der Waals surface area (Å²) in [6.07, 6.45) is 38.4. The lowest BCUT2D eigenvalue weighted by molar-refractivity contribution is -0.137. The summed E-state index contributed by atoms with van der Waals surface area (Å²) in [5, 5.41) is 17.2. The molecule has 0 aromatic carbocycles. The van der Waals surface area contributed by atoms with Gasteiger partial charge in [0.05, 0.1) is 0 Å². The largest absolute Gasteiger partial charge is 0.481 e. The van der Waals surface area contributed by atoms with Gasteiger partial charge in [-0.2, -0.15) is 0 Å². The van der Waals surface area contributed by atoms with Gasteiger partial charge in [-0.15, -0.1) is 0 Å². The molecular formula is C38H72O4. The molecule has 0 heterocycles. The molecule has 42 heavy (non-hydrogen) atoms. The predicted octanol–water partition coefficient (Wildman–Crippen LogP) is 12.7. The van der Waals surface area contributed by atoms with Gasteiger partial charge in [-0.25, -0.2) is 4.79 Å². The summed E-state index contributed by atoms with van der Waals surface area (Å²) in [6, 6.07) is 0. The average molecular weight is 593 g/mol. The van der Waals surface area contributed by atoms with Gasteiger partial charge in [0.1, 0.15) is 0 Å². The van der Waals surface area contributed by atoms with Crippen LogP contribution in [0.1, 0.15) is 206 Å². The van der Waals surface area contributed by atoms with E-state index in [0.717, 1.165) is 37.5 Å². The molecule has 0 saturated heterocycles. The first-order valence-electron chi connectivity index (χ1n) is 18.5. The molecule has 0 aromatic rings. The standard InChI is InChI=1S/2C19H36O2/c1-2-3-4-10-13-17-16-18(17)14-11-8-6-5-7-9-12-15-19(20)21;1-3-4-5-6-7-8-9-10-11-12-13-14-15-16-17-18(2)19(20)21/h17-18H,2-16H2,1H3,(H,20,21);2-17H2,1H3,(H,20,21)/t17?,18-;/m1./s1. The Hall–Kier alpha value is -1.32. The molecule has 0 radical (unpaired) electrons. The third kappa shape index (κ3) is 30.1. The third-order valence-electron chi connectivity index (χ3n) is 9.10. The maximum absolute atomic E-state index is 10.6. The van der Waals surface area contributed by atoms with Crippen LogP contribution in [0.2, 0.25) is 0 Å². The summed E-state index contributed by atoms with van der Waals surface area (Å²) in [5.74, 6) is 0.661. The maximum Gasteiger partial charge on any atom is 0.330 e. The van der Waals surface area contributed by atoms with Crippen molar-refractivity contribution in [1.82, 2.24) is 0 Å². The minimum absolute atomic E-state index is 0.349. The molecule has 1 unspecified atom stereocenters. The highest BCUT2D eigenvalue weighted by Crippen LogP contribution is 2.45. The number of rotatable bonds is 31. The van der Waals surface area contributed by atoms with Crippen molar-refractivity contribution >= 4 is 11.9 Å². The van der Waals surface area contributed by atoms with Crippen LogP contribution in [0.4, 0.5) is 0 Å². The number of hydrogen-bond donors (Lipinski definition) is 2. The average Bonchev–Trinajstić information content (AvgIpc) is 3.72. The predicted molar refractivity (Wildman–Crippen MR) is 181 cm³/mol. The Labute approximate surface area is 261 Å². The highest BCUT2D eigenvalue weighted by Gasteiger charge is 2.34. The molecule has 0 aromatic heterocycles. The van der Waals surface area contributed by atoms with Gasteiger partial charge in [0.25, 0.3) is 0 Å². The molecule has 1 saturated carbocycles. The van der Waals surface area contributed by atoms with Crippen molar-refractivity contribution in [3.05, 3.63) is 12.2 Å². The summed E-state index contributed by atoms with van der Waals surface area (Å²) < 4.78 is 0. The first-order valence-corrected chi connectivity index (χ1v) is 18.5. The molecule has 1 rings (SSSR count). The van der Waals surface area contributed by atoms with Gasteiger partial charge in [0.2, 0.25) is 0 Å². The van der Waals surface area contributed by atoms with Gasteiger partial charge in [-0.3, -0.25) is 4.79 Å². The molecule has 1 aliphatic carbocycles. The summed E-state index contributed by atoms with van der Waals surface area (Å²) in [6.45, 7) is 8.10. The number of carbonyl (C=O) groups is 2. The smallest absolute Gasteiger partial charge is 0.330 e. The van der Waals surface area contributed by atoms with Crippen molar-refractivity contribution < 1.29 is 19.8 Å². The number of carboxylic acid groups (broad SMARTS) is 2. The Morgan fingerprint density at radius 3 is 1.17 bits per heavy atom. The fourth-order valence-corrected chi connectivity index (χ4v) is 6.06. The Morgan fingerprint density at radius 1 is 0.500 bits per heavy atom. The van der Waals surface area contributed by atoms with Crippen LogP contribution in [0.5, 0.6) is 0 Å². The Kier molecular flexibility index (Phi) is 30.1. The van der Waals surface area contributed by atoms with Crippen molar-refractivity contribution in [3.8, 4) is 0 Å². The quantitative estimate of drug-likeness (QED) is 0.0620. The van der Waals surface area contributed by atoms with E-state index in [1.165, 1.54) is 154 Å². The van der Waals surface area contributed by atoms with Crippen LogP contribution in [0, 0.1) is 11.8 Å². The van der Waals surface area contributed by atoms with Crippen molar-refractivity contribution in [2.75, 3.05) is 0 Å². The molecule has 1 aliphatic rings. The van der Waals surface area contributed by atoms with E-state index in [4.69, 9.17) is 10.2 Å². The molecule has 2 N–H and O–H groups in total. The first kappa shape index (κ1) is 40.7. The lowest BCUT2D eigenvalue weighted by Gasteiger charge is -2.03. The normalized spacial score (nSPS) is 15.7. The van der Waals surface area contributed by atoms with E-state index in [-0.39, 0.29) is 0 Å². The van der Waals surface area contributed by atoms with Crippen LogP contribution in [0.15, 0.2) is 12.2 Å². The topological polar surface area (TPSA) is 74.6 Å². The molecular weight excluding hydrogens is 520 g/mol. The second-order valence-electron chi connectivity index (χ2n) is 13.3. The zero-order valence-corrected chi connectivity index (χ0v) is 28.3. The van der Waals surface area contributed by atoms with Crippen LogP contribution < -0.4 is 0 Å². The minimum Gasteiger partial charge on any atom is -0.481 e. The maximum atomic E-state index is 10.6. The molecule has 0 amide bonds. The van der Waals surface area contributed by atoms with Gasteiger partial charge in [-0.05, 0) is 37.5 Å². The molecule has 0 bridgehead atoms. The van der Waals surface area contributed by atoms with Gasteiger partial charge >= 0.3 is 11.9 Å². The lowest BCUT2D eigenvalue weighted by atomic mass is 10.0. The van der Waals surface area contributed by atoms with Crippen molar-refractivity contribution in [2.24, 2.45) is 11.8 Å². The highest BCUT2D eigenvalue weighted by molar-refractivity contribution is 5.85. The zero-order valence-electron chi connectivity index (χ0n) is 28.3. The van der Waals surface area contributed by atoms with Crippen LogP contribution >= 0.6 is 0 Å². The van der Waals surface area contributed by atoms with E-state index in [0.29, 0.717) is 18.4 Å². The Morgan fingerprint density at radius 2 is 0.810 bits per heavy atom. The van der Waals surface area contributed by atoms with Gasteiger partial charge in [0.15, 0.2) is 0 Å². The van der Waals surface area contributed by atoms with Gasteiger partial charge in [-0.1, -0.05) is 181 Å². The number of hydrogen-bond acceptors (Lipinski definition) is 2. The fourth-order valence-electron chi connectivity index (χ4n) is 6.06. The summed E-state index contributed by atoms with van der Waals surface area (Å²) in [4.78, 5) is 20.9. The molecule has 4 nitrogen and oxygen atoms in total. The van der Waals surface area contributed by atoms with E-state index < -0.39 is 11.9 Å². The van der Waals surface area contributed by atoms with Gasteiger partial charge in [0, 0.05) is 12.0 Å². The van der Waals surface area contributed by atoms with Crippen LogP contribution in [0.25, 0.3) is 0 Å². The third-order valence-corrected chi connectivity index (χ3v) is 9.10. The first-order chi connectivity index (χ1) is 20.4. The van der Waals surface area contributed by atoms with Gasteiger partial charge < -0.3 is 10.2 Å². The molecule has 0 aliphatic heterocycles. The van der Waals surface area contributed by atoms with Crippen molar-refractivity contribution in [1.29, 1.82) is 0 Å². The number of unbranched alkanes of at least 4 members (excludes halogenated alkanes) is 22. The van der Waals surface area contributed by atoms with Crippen molar-refractivity contribution in [2.45, 2.75) is 206 Å². The molecule has 2 atom stereocenters. The second-order valence-corrected chi connectivity index (χ2v) is 13.3. The van der Waals surface area contributed by atoms with E-state index in [1.54, 1.807) is 0 Å². The molecule has 248 valence electrons. The van der Waals surface area contributed by atoms with E-state index >= 15 is 0 Å². The zero-order chi connectivity index (χ0) is 31.1. The number of aliphatic carboxylic acids is 2. The molecule has 4 heteroatoms. The SMILES string of the molecule is C=C(CCCCCCCCCCCCCCCC)C(=O)O.CCCCCCC1C[C@H]1CCCCCCCCCC(=O)O. The summed E-state index contributed by atoms with van der Waals surface area (Å²) in [5.41, 5.74) is 0.355. The van der Waals surface area contributed by atoms with Crippen molar-refractivity contribution in [3.63, 3.8) is 0 Å². The molecule has 1 fully saturated rings. The van der Waals surface area contributed by atoms with E-state index in [1.807, 2.05) is 0 Å². The van der Waals surface area contributed by atoms with E-state index in [9.17, 15) is 9.59 Å². The number of carboxylic acids is 2. The highest BCUT2D eigenvalue weighted by atomic mass is 16.4. The monoisotopic (exact) mass is 593 g/mol. The van der Waals surface area contributed by atoms with Crippen LogP contribution in [-0.4, -0.2) is 22.2 Å².